The molecule has 3 rings (SSSR count). The zero-order valence-electron chi connectivity index (χ0n) is 11.3. The highest BCUT2D eigenvalue weighted by Crippen LogP contribution is 2.27. The summed E-state index contributed by atoms with van der Waals surface area (Å²) in [4.78, 5) is 16.7. The second kappa shape index (κ2) is 5.27. The van der Waals surface area contributed by atoms with Crippen molar-refractivity contribution in [1.29, 1.82) is 0 Å². The average molecular weight is 314 g/mol. The first-order valence-corrected chi connectivity index (χ1v) is 7.01. The second-order valence-corrected chi connectivity index (χ2v) is 5.60. The Balaban J connectivity index is 1.97. The van der Waals surface area contributed by atoms with Crippen molar-refractivity contribution < 1.29 is 13.6 Å². The van der Waals surface area contributed by atoms with Crippen LogP contribution in [0.3, 0.4) is 0 Å². The van der Waals surface area contributed by atoms with Gasteiger partial charge >= 0.3 is 0 Å². The van der Waals surface area contributed by atoms with E-state index in [1.807, 2.05) is 0 Å². The Morgan fingerprint density at radius 1 is 1.38 bits per heavy atom. The third-order valence-electron chi connectivity index (χ3n) is 3.89. The monoisotopic (exact) mass is 313 g/mol. The lowest BCUT2D eigenvalue weighted by Crippen LogP contribution is -2.38. The summed E-state index contributed by atoms with van der Waals surface area (Å²) in [5.74, 6) is -2.43. The van der Waals surface area contributed by atoms with Gasteiger partial charge in [-0.05, 0) is 25.1 Å². The minimum atomic E-state index is -1.11. The molecular weight excluding hydrogens is 300 g/mol. The van der Waals surface area contributed by atoms with E-state index in [1.54, 1.807) is 11.9 Å². The third-order valence-corrected chi connectivity index (χ3v) is 4.16. The lowest BCUT2D eigenvalue weighted by molar-refractivity contribution is 0.0739. The summed E-state index contributed by atoms with van der Waals surface area (Å²) >= 11 is 5.62. The number of nitrogens with one attached hydrogen (secondary N) is 2. The van der Waals surface area contributed by atoms with Gasteiger partial charge < -0.3 is 15.2 Å². The molecule has 1 aromatic carbocycles. The maximum absolute atomic E-state index is 13.8. The van der Waals surface area contributed by atoms with Crippen LogP contribution in [0, 0.1) is 11.6 Å². The molecule has 0 spiro atoms. The van der Waals surface area contributed by atoms with Crippen molar-refractivity contribution >= 4 is 28.4 Å². The maximum Gasteiger partial charge on any atom is 0.270 e. The van der Waals surface area contributed by atoms with Crippen LogP contribution in [0.4, 0.5) is 8.78 Å². The molecule has 0 aliphatic carbocycles. The van der Waals surface area contributed by atoms with Crippen molar-refractivity contribution in [3.05, 3.63) is 34.5 Å². The number of halogens is 3. The number of likely N-dealkylation sites (N-methyl/N-ethyl adjacent to an activating group) is 1. The molecule has 2 aromatic rings. The number of carbonyl (C=O) groups is 1. The zero-order valence-corrected chi connectivity index (χ0v) is 12.1. The van der Waals surface area contributed by atoms with E-state index in [2.05, 4.69) is 10.3 Å². The molecule has 1 saturated heterocycles. The van der Waals surface area contributed by atoms with Crippen molar-refractivity contribution in [1.82, 2.24) is 15.2 Å². The number of benzene rings is 1. The van der Waals surface area contributed by atoms with Crippen LogP contribution in [-0.4, -0.2) is 42.0 Å². The van der Waals surface area contributed by atoms with E-state index >= 15 is 0 Å². The summed E-state index contributed by atoms with van der Waals surface area (Å²) < 4.78 is 27.3. The van der Waals surface area contributed by atoms with Crippen molar-refractivity contribution in [2.45, 2.75) is 12.5 Å². The van der Waals surface area contributed by atoms with Gasteiger partial charge in [0.15, 0.2) is 11.6 Å². The van der Waals surface area contributed by atoms with Crippen LogP contribution in [0.1, 0.15) is 16.9 Å². The van der Waals surface area contributed by atoms with E-state index in [1.165, 1.54) is 12.1 Å². The number of nitrogens with zero attached hydrogens (tertiary/aromatic N) is 1. The smallest absolute Gasteiger partial charge is 0.270 e. The van der Waals surface area contributed by atoms with Crippen LogP contribution in [0.25, 0.3) is 10.9 Å². The number of aromatic amines is 1. The molecule has 1 amide bonds. The van der Waals surface area contributed by atoms with Crippen LogP contribution in [0.2, 0.25) is 5.02 Å². The Morgan fingerprint density at radius 2 is 2.14 bits per heavy atom. The maximum atomic E-state index is 13.8. The Bertz CT molecular complexity index is 710. The van der Waals surface area contributed by atoms with E-state index < -0.39 is 11.6 Å². The molecule has 1 aromatic heterocycles. The summed E-state index contributed by atoms with van der Waals surface area (Å²) in [6, 6.07) is 2.90. The molecular formula is C14H14ClF2N3O. The predicted molar refractivity (Wildman–Crippen MR) is 76.6 cm³/mol. The highest BCUT2D eigenvalue weighted by atomic mass is 35.5. The van der Waals surface area contributed by atoms with Crippen LogP contribution >= 0.6 is 11.6 Å². The molecule has 1 aliphatic heterocycles. The van der Waals surface area contributed by atoms with Gasteiger partial charge in [-0.25, -0.2) is 8.78 Å². The topological polar surface area (TPSA) is 48.1 Å². The molecule has 1 atom stereocenters. The Hall–Kier alpha value is -1.66. The van der Waals surface area contributed by atoms with E-state index in [0.29, 0.717) is 5.39 Å². The largest absolute Gasteiger partial charge is 0.348 e. The van der Waals surface area contributed by atoms with Crippen molar-refractivity contribution in [2.75, 3.05) is 20.1 Å². The van der Waals surface area contributed by atoms with E-state index in [0.717, 1.165) is 19.5 Å². The van der Waals surface area contributed by atoms with Crippen molar-refractivity contribution in [2.24, 2.45) is 0 Å². The molecule has 2 heterocycles. The summed E-state index contributed by atoms with van der Waals surface area (Å²) in [6.07, 6.45) is 0.872. The van der Waals surface area contributed by atoms with Crippen LogP contribution in [0.5, 0.6) is 0 Å². The third kappa shape index (κ3) is 2.38. The minimum absolute atomic E-state index is 0.0433. The number of aromatic nitrogens is 1. The van der Waals surface area contributed by atoms with Gasteiger partial charge in [-0.2, -0.15) is 0 Å². The van der Waals surface area contributed by atoms with Crippen LogP contribution < -0.4 is 5.32 Å². The molecule has 0 unspecified atom stereocenters. The first kappa shape index (κ1) is 14.3. The summed E-state index contributed by atoms with van der Waals surface area (Å²) in [5.41, 5.74) is 0.179. The number of hydrogen-bond acceptors (Lipinski definition) is 2. The van der Waals surface area contributed by atoms with Crippen molar-refractivity contribution in [3.63, 3.8) is 0 Å². The molecule has 4 nitrogen and oxygen atoms in total. The highest BCUT2D eigenvalue weighted by Gasteiger charge is 2.25. The van der Waals surface area contributed by atoms with Gasteiger partial charge in [-0.1, -0.05) is 11.6 Å². The number of rotatable bonds is 2. The molecule has 0 bridgehead atoms. The number of hydrogen-bond donors (Lipinski definition) is 2. The average Bonchev–Trinajstić information content (AvgIpc) is 3.12. The number of H-pyrrole nitrogens is 1. The Labute approximate surface area is 125 Å². The Morgan fingerprint density at radius 3 is 2.81 bits per heavy atom. The second-order valence-electron chi connectivity index (χ2n) is 5.20. The fraction of sp³-hybridized carbons (Fsp3) is 0.357. The van der Waals surface area contributed by atoms with Gasteiger partial charge in [-0.3, -0.25) is 4.79 Å². The minimum Gasteiger partial charge on any atom is -0.348 e. The van der Waals surface area contributed by atoms with E-state index in [9.17, 15) is 13.6 Å². The molecule has 7 heteroatoms. The number of fused-ring (bicyclic) bond motifs is 1. The molecule has 21 heavy (non-hydrogen) atoms. The standard InChI is InChI=1S/C14H14ClF2N3O/c1-20(8-2-3-18-6-8)14(21)10-5-7-4-9(15)11(16)12(17)13(7)19-10/h4-5,8,18-19H,2-3,6H2,1H3/t8-/m0/s1. The molecule has 112 valence electrons. The van der Waals surface area contributed by atoms with Gasteiger partial charge in [0.05, 0.1) is 10.5 Å². The fourth-order valence-corrected chi connectivity index (χ4v) is 2.82. The van der Waals surface area contributed by atoms with Crippen molar-refractivity contribution in [3.8, 4) is 0 Å². The summed E-state index contributed by atoms with van der Waals surface area (Å²) in [5, 5.41) is 3.25. The number of amides is 1. The molecule has 1 aliphatic rings. The normalized spacial score (nSPS) is 18.4. The van der Waals surface area contributed by atoms with Gasteiger partial charge in [0.1, 0.15) is 5.69 Å². The lowest BCUT2D eigenvalue weighted by atomic mass is 10.2. The first-order chi connectivity index (χ1) is 9.99. The lowest BCUT2D eigenvalue weighted by Gasteiger charge is -2.23. The van der Waals surface area contributed by atoms with Gasteiger partial charge in [0.2, 0.25) is 0 Å². The van der Waals surface area contributed by atoms with Gasteiger partial charge in [0, 0.05) is 25.0 Å². The zero-order chi connectivity index (χ0) is 15.1. The number of carbonyl (C=O) groups excluding carboxylic acids is 1. The highest BCUT2D eigenvalue weighted by molar-refractivity contribution is 6.31. The first-order valence-electron chi connectivity index (χ1n) is 6.63. The quantitative estimate of drug-likeness (QED) is 0.837. The molecule has 1 fully saturated rings. The van der Waals surface area contributed by atoms with E-state index in [-0.39, 0.29) is 28.2 Å². The summed E-state index contributed by atoms with van der Waals surface area (Å²) in [6.45, 7) is 1.60. The van der Waals surface area contributed by atoms with E-state index in [4.69, 9.17) is 11.6 Å². The predicted octanol–water partition coefficient (Wildman–Crippen LogP) is 2.53. The van der Waals surface area contributed by atoms with Crippen LogP contribution in [-0.2, 0) is 0 Å². The summed E-state index contributed by atoms with van der Waals surface area (Å²) in [7, 11) is 1.70. The molecule has 2 N–H and O–H groups in total. The van der Waals surface area contributed by atoms with Gasteiger partial charge in [-0.15, -0.1) is 0 Å². The fourth-order valence-electron chi connectivity index (χ4n) is 2.62. The molecule has 0 radical (unpaired) electrons. The van der Waals surface area contributed by atoms with Crippen LogP contribution in [0.15, 0.2) is 12.1 Å². The van der Waals surface area contributed by atoms with Gasteiger partial charge in [0.25, 0.3) is 5.91 Å². The Kier molecular flexibility index (Phi) is 3.59. The molecule has 0 saturated carbocycles. The SMILES string of the molecule is CN(C(=O)c1cc2cc(Cl)c(F)c(F)c2[nH]1)[C@H]1CCNC1.